The lowest BCUT2D eigenvalue weighted by molar-refractivity contribution is 0.340. The van der Waals surface area contributed by atoms with Crippen LogP contribution in [0, 0.1) is 6.92 Å². The molecule has 0 atom stereocenters. The molecule has 0 spiro atoms. The van der Waals surface area contributed by atoms with E-state index in [0.29, 0.717) is 11.8 Å². The van der Waals surface area contributed by atoms with Crippen LogP contribution in [0.25, 0.3) is 11.0 Å². The van der Waals surface area contributed by atoms with Crippen LogP contribution < -0.4 is 4.74 Å². The largest absolute Gasteiger partial charge is 0.494 e. The maximum atomic E-state index is 5.88. The molecule has 4 heteroatoms. The third kappa shape index (κ3) is 2.02. The monoisotopic (exact) mass is 222 g/mol. The SMILES string of the molecule is CCOc1ccc2nc(Cl)c(C)nc2c1. The number of hydrogen-bond donors (Lipinski definition) is 0. The third-order valence-corrected chi connectivity index (χ3v) is 2.42. The maximum Gasteiger partial charge on any atom is 0.150 e. The Kier molecular flexibility index (Phi) is 2.73. The van der Waals surface area contributed by atoms with Crippen LogP contribution in [-0.2, 0) is 0 Å². The number of aryl methyl sites for hydroxylation is 1. The molecule has 2 aromatic rings. The van der Waals surface area contributed by atoms with Crippen LogP contribution in [0.2, 0.25) is 5.15 Å². The highest BCUT2D eigenvalue weighted by Crippen LogP contribution is 2.21. The minimum absolute atomic E-state index is 0.451. The zero-order valence-corrected chi connectivity index (χ0v) is 9.38. The van der Waals surface area contributed by atoms with Crippen molar-refractivity contribution in [2.24, 2.45) is 0 Å². The Morgan fingerprint density at radius 1 is 1.27 bits per heavy atom. The number of nitrogens with zero attached hydrogens (tertiary/aromatic N) is 2. The molecule has 0 saturated carbocycles. The second-order valence-electron chi connectivity index (χ2n) is 3.18. The van der Waals surface area contributed by atoms with E-state index in [2.05, 4.69) is 9.97 Å². The van der Waals surface area contributed by atoms with E-state index in [4.69, 9.17) is 16.3 Å². The summed E-state index contributed by atoms with van der Waals surface area (Å²) < 4.78 is 5.38. The lowest BCUT2D eigenvalue weighted by Gasteiger charge is -2.04. The van der Waals surface area contributed by atoms with Crippen molar-refractivity contribution in [3.63, 3.8) is 0 Å². The average Bonchev–Trinajstić information content (AvgIpc) is 2.21. The third-order valence-electron chi connectivity index (χ3n) is 2.06. The van der Waals surface area contributed by atoms with Gasteiger partial charge in [-0.1, -0.05) is 11.6 Å². The first-order valence-corrected chi connectivity index (χ1v) is 5.15. The summed E-state index contributed by atoms with van der Waals surface area (Å²) in [5.41, 5.74) is 2.33. The van der Waals surface area contributed by atoms with Crippen LogP contribution in [0.15, 0.2) is 18.2 Å². The molecule has 0 aliphatic rings. The molecular formula is C11H11ClN2O. The summed E-state index contributed by atoms with van der Waals surface area (Å²) in [4.78, 5) is 8.57. The van der Waals surface area contributed by atoms with E-state index in [0.717, 1.165) is 22.5 Å². The van der Waals surface area contributed by atoms with Gasteiger partial charge >= 0.3 is 0 Å². The van der Waals surface area contributed by atoms with Gasteiger partial charge in [0.2, 0.25) is 0 Å². The van der Waals surface area contributed by atoms with E-state index in [9.17, 15) is 0 Å². The standard InChI is InChI=1S/C11H11ClN2O/c1-3-15-8-4-5-9-10(6-8)13-7(2)11(12)14-9/h4-6H,3H2,1-2H3. The molecule has 2 rings (SSSR count). The van der Waals surface area contributed by atoms with Crippen LogP contribution in [0.3, 0.4) is 0 Å². The van der Waals surface area contributed by atoms with Crippen molar-refractivity contribution in [1.82, 2.24) is 9.97 Å². The van der Waals surface area contributed by atoms with Crippen molar-refractivity contribution >= 4 is 22.6 Å². The van der Waals surface area contributed by atoms with Crippen LogP contribution >= 0.6 is 11.6 Å². The minimum Gasteiger partial charge on any atom is -0.494 e. The van der Waals surface area contributed by atoms with E-state index < -0.39 is 0 Å². The minimum atomic E-state index is 0.451. The van der Waals surface area contributed by atoms with E-state index in [1.807, 2.05) is 32.0 Å². The predicted molar refractivity (Wildman–Crippen MR) is 60.5 cm³/mol. The van der Waals surface area contributed by atoms with E-state index in [1.165, 1.54) is 0 Å². The highest BCUT2D eigenvalue weighted by Gasteiger charge is 2.03. The summed E-state index contributed by atoms with van der Waals surface area (Å²) in [5, 5.41) is 0.451. The Labute approximate surface area is 93.1 Å². The smallest absolute Gasteiger partial charge is 0.150 e. The topological polar surface area (TPSA) is 35.0 Å². The van der Waals surface area contributed by atoms with Gasteiger partial charge < -0.3 is 4.74 Å². The number of aromatic nitrogens is 2. The van der Waals surface area contributed by atoms with Crippen molar-refractivity contribution in [3.8, 4) is 5.75 Å². The number of rotatable bonds is 2. The van der Waals surface area contributed by atoms with Crippen LogP contribution in [0.5, 0.6) is 5.75 Å². The van der Waals surface area contributed by atoms with Gasteiger partial charge in [0.25, 0.3) is 0 Å². The molecule has 0 unspecified atom stereocenters. The molecule has 0 saturated heterocycles. The van der Waals surface area contributed by atoms with Crippen molar-refractivity contribution in [3.05, 3.63) is 29.0 Å². The molecule has 1 heterocycles. The number of benzene rings is 1. The van der Waals surface area contributed by atoms with Crippen molar-refractivity contribution < 1.29 is 4.74 Å². The van der Waals surface area contributed by atoms with Crippen LogP contribution in [-0.4, -0.2) is 16.6 Å². The molecule has 0 aliphatic heterocycles. The van der Waals surface area contributed by atoms with Gasteiger partial charge in [0, 0.05) is 6.07 Å². The molecule has 0 fully saturated rings. The molecule has 1 aromatic carbocycles. The van der Waals surface area contributed by atoms with Gasteiger partial charge in [-0.05, 0) is 26.0 Å². The highest BCUT2D eigenvalue weighted by molar-refractivity contribution is 6.30. The van der Waals surface area contributed by atoms with Gasteiger partial charge in [0.05, 0.1) is 23.3 Å². The lowest BCUT2D eigenvalue weighted by atomic mass is 10.3. The molecule has 3 nitrogen and oxygen atoms in total. The summed E-state index contributed by atoms with van der Waals surface area (Å²) in [7, 11) is 0. The quantitative estimate of drug-likeness (QED) is 0.784. The van der Waals surface area contributed by atoms with Gasteiger partial charge in [0.15, 0.2) is 5.15 Å². The first-order valence-electron chi connectivity index (χ1n) is 4.77. The number of hydrogen-bond acceptors (Lipinski definition) is 3. The van der Waals surface area contributed by atoms with Crippen molar-refractivity contribution in [1.29, 1.82) is 0 Å². The zero-order chi connectivity index (χ0) is 10.8. The molecule has 0 amide bonds. The summed E-state index contributed by atoms with van der Waals surface area (Å²) in [5.74, 6) is 0.807. The Hall–Kier alpha value is -1.35. The fourth-order valence-corrected chi connectivity index (χ4v) is 1.49. The highest BCUT2D eigenvalue weighted by atomic mass is 35.5. The molecule has 15 heavy (non-hydrogen) atoms. The summed E-state index contributed by atoms with van der Waals surface area (Å²) in [6.07, 6.45) is 0. The van der Waals surface area contributed by atoms with Gasteiger partial charge in [0.1, 0.15) is 5.75 Å². The van der Waals surface area contributed by atoms with Crippen LogP contribution in [0.1, 0.15) is 12.6 Å². The normalized spacial score (nSPS) is 10.6. The Morgan fingerprint density at radius 2 is 2.07 bits per heavy atom. The molecule has 0 bridgehead atoms. The molecule has 0 N–H and O–H groups in total. The van der Waals surface area contributed by atoms with Gasteiger partial charge in [-0.2, -0.15) is 0 Å². The Balaban J connectivity index is 2.56. The number of fused-ring (bicyclic) bond motifs is 1. The average molecular weight is 223 g/mol. The van der Waals surface area contributed by atoms with Gasteiger partial charge in [-0.25, -0.2) is 9.97 Å². The first kappa shape index (κ1) is 10.2. The Morgan fingerprint density at radius 3 is 2.80 bits per heavy atom. The first-order chi connectivity index (χ1) is 7.20. The predicted octanol–water partition coefficient (Wildman–Crippen LogP) is 2.99. The van der Waals surface area contributed by atoms with E-state index in [1.54, 1.807) is 0 Å². The zero-order valence-electron chi connectivity index (χ0n) is 8.62. The summed E-state index contributed by atoms with van der Waals surface area (Å²) in [6, 6.07) is 5.60. The molecule has 0 radical (unpaired) electrons. The van der Waals surface area contributed by atoms with Crippen LogP contribution in [0.4, 0.5) is 0 Å². The summed E-state index contributed by atoms with van der Waals surface area (Å²) in [6.45, 7) is 4.43. The fraction of sp³-hybridized carbons (Fsp3) is 0.273. The van der Waals surface area contributed by atoms with E-state index >= 15 is 0 Å². The van der Waals surface area contributed by atoms with Crippen molar-refractivity contribution in [2.45, 2.75) is 13.8 Å². The molecular weight excluding hydrogens is 212 g/mol. The van der Waals surface area contributed by atoms with Gasteiger partial charge in [-0.15, -0.1) is 0 Å². The number of ether oxygens (including phenoxy) is 1. The maximum absolute atomic E-state index is 5.88. The second kappa shape index (κ2) is 4.03. The van der Waals surface area contributed by atoms with Gasteiger partial charge in [-0.3, -0.25) is 0 Å². The Bertz CT molecular complexity index is 499. The molecule has 1 aromatic heterocycles. The van der Waals surface area contributed by atoms with E-state index in [-0.39, 0.29) is 0 Å². The fourth-order valence-electron chi connectivity index (χ4n) is 1.36. The summed E-state index contributed by atoms with van der Waals surface area (Å²) >= 11 is 5.88. The number of halogens is 1. The molecule has 78 valence electrons. The molecule has 0 aliphatic carbocycles. The lowest BCUT2D eigenvalue weighted by Crippen LogP contribution is -1.94. The van der Waals surface area contributed by atoms with Crippen molar-refractivity contribution in [2.75, 3.05) is 6.61 Å². The second-order valence-corrected chi connectivity index (χ2v) is 3.54.